The summed E-state index contributed by atoms with van der Waals surface area (Å²) in [4.78, 5) is 0. The number of aliphatic hydroxyl groups excluding tert-OH is 15. The van der Waals surface area contributed by atoms with E-state index in [1.54, 1.807) is 0 Å². The average molecular weight is 1180 g/mol. The summed E-state index contributed by atoms with van der Waals surface area (Å²) in [7, 11) is 0. The summed E-state index contributed by atoms with van der Waals surface area (Å²) in [6.07, 6.45) is -35.5. The zero-order valence-corrected chi connectivity index (χ0v) is 46.8. The molecule has 1 spiro atoms. The Morgan fingerprint density at radius 3 is 1.61 bits per heavy atom. The first-order valence-electron chi connectivity index (χ1n) is 29.7. The Balaban J connectivity index is 0.787. The van der Waals surface area contributed by atoms with Gasteiger partial charge in [-0.1, -0.05) is 27.7 Å². The Hall–Kier alpha value is -1.08. The summed E-state index contributed by atoms with van der Waals surface area (Å²) in [6.45, 7) is 6.17. The molecule has 11 fully saturated rings. The lowest BCUT2D eigenvalue weighted by Crippen LogP contribution is -2.69. The Labute approximate surface area is 475 Å². The Bertz CT molecular complexity index is 2130. The van der Waals surface area contributed by atoms with E-state index in [-0.39, 0.29) is 28.8 Å². The zero-order valence-electron chi connectivity index (χ0n) is 46.8. The molecule has 4 saturated carbocycles. The van der Waals surface area contributed by atoms with E-state index in [0.717, 1.165) is 38.5 Å². The van der Waals surface area contributed by atoms with Gasteiger partial charge in [0.25, 0.3) is 0 Å². The second-order valence-corrected chi connectivity index (χ2v) is 26.4. The van der Waals surface area contributed by atoms with Gasteiger partial charge in [-0.05, 0) is 97.7 Å². The Morgan fingerprint density at radius 2 is 0.988 bits per heavy atom. The van der Waals surface area contributed by atoms with Gasteiger partial charge in [0.2, 0.25) is 0 Å². The van der Waals surface area contributed by atoms with E-state index in [1.165, 1.54) is 0 Å². The van der Waals surface area contributed by atoms with E-state index in [9.17, 15) is 76.6 Å². The van der Waals surface area contributed by atoms with Gasteiger partial charge < -0.3 is 133 Å². The van der Waals surface area contributed by atoms with Crippen molar-refractivity contribution in [3.63, 3.8) is 0 Å². The maximum absolute atomic E-state index is 12.2. The van der Waals surface area contributed by atoms with Crippen LogP contribution in [0.5, 0.6) is 0 Å². The number of aliphatic hydroxyl groups is 15. The van der Waals surface area contributed by atoms with Gasteiger partial charge in [-0.2, -0.15) is 0 Å². The third kappa shape index (κ3) is 10.9. The van der Waals surface area contributed by atoms with Crippen LogP contribution >= 0.6 is 0 Å². The van der Waals surface area contributed by atoms with Crippen molar-refractivity contribution in [3.05, 3.63) is 0 Å². The van der Waals surface area contributed by atoms with Crippen molar-refractivity contribution >= 4 is 0 Å². The molecule has 15 N–H and O–H groups in total. The van der Waals surface area contributed by atoms with E-state index in [4.69, 9.17) is 56.8 Å². The third-order valence-electron chi connectivity index (χ3n) is 21.7. The van der Waals surface area contributed by atoms with E-state index in [2.05, 4.69) is 27.7 Å². The molecule has 27 nitrogen and oxygen atoms in total. The van der Waals surface area contributed by atoms with Gasteiger partial charge in [-0.15, -0.1) is 0 Å². The van der Waals surface area contributed by atoms with Gasteiger partial charge in [-0.25, -0.2) is 0 Å². The van der Waals surface area contributed by atoms with Crippen LogP contribution in [0.2, 0.25) is 0 Å². The van der Waals surface area contributed by atoms with E-state index >= 15 is 0 Å². The van der Waals surface area contributed by atoms with Crippen LogP contribution in [-0.2, 0) is 56.8 Å². The topological polar surface area (TPSA) is 414 Å². The van der Waals surface area contributed by atoms with E-state index < -0.39 is 192 Å². The van der Waals surface area contributed by atoms with Gasteiger partial charge in [0.1, 0.15) is 110 Å². The molecule has 7 aliphatic heterocycles. The van der Waals surface area contributed by atoms with Gasteiger partial charge >= 0.3 is 0 Å². The smallest absolute Gasteiger partial charge is 0.187 e. The van der Waals surface area contributed by atoms with Gasteiger partial charge in [-0.3, -0.25) is 0 Å². The first-order valence-corrected chi connectivity index (χ1v) is 29.7. The molecule has 0 bridgehead atoms. The number of fused-ring (bicyclic) bond motifs is 7. The lowest BCUT2D eigenvalue weighted by atomic mass is 9.43. The minimum Gasteiger partial charge on any atom is -0.394 e. The molecule has 11 aliphatic rings. The van der Waals surface area contributed by atoms with Crippen LogP contribution in [0, 0.1) is 52.3 Å². The third-order valence-corrected chi connectivity index (χ3v) is 21.7. The molecule has 4 aliphatic carbocycles. The molecule has 0 unspecified atom stereocenters. The summed E-state index contributed by atoms with van der Waals surface area (Å²) >= 11 is 0. The summed E-state index contributed by atoms with van der Waals surface area (Å²) in [5.41, 5.74) is -0.165. The standard InChI is InChI=1S/C55H90O27/c1-20-5-10-55(73-17-20)21(2)34-30(82-55)13-25-23-12-27(59)26-11-22(6-8-53(26,3)24(23)7-9-54(25,34)4)74-50-42(69)39(66)44(33(16-58)77-50)78-52-47(46(38(65)32(15-57)76-52)80-49-41(68)36(63)29(61)19-72-49)81-51-43(70)45(37(64)31(14-56)75-51)79-48-40(67)35(62)28(60)18-71-48/h20-52,56-70H,5-19H2,1-4H3/t20-,21+,22+,23-,24+,25+,26-,27+,28-,29-,30+,31-,32-,33-,34+,35+,36+,37-,38-,39-,40-,41-,42-,43-,44+,45+,46+,47-,48+,49+,50-,51+,52+,53-,54+,55-/m1/s1. The first kappa shape index (κ1) is 62.5. The molecule has 0 aromatic rings. The average Bonchev–Trinajstić information content (AvgIpc) is 2.72. The Kier molecular flexibility index (Phi) is 18.6. The predicted molar refractivity (Wildman–Crippen MR) is 270 cm³/mol. The lowest BCUT2D eigenvalue weighted by molar-refractivity contribution is -0.408. The molecule has 11 rings (SSSR count). The molecule has 0 radical (unpaired) electrons. The maximum atomic E-state index is 12.2. The summed E-state index contributed by atoms with van der Waals surface area (Å²) in [5, 5.41) is 165. The van der Waals surface area contributed by atoms with Gasteiger partial charge in [0.05, 0.1) is 58.0 Å². The van der Waals surface area contributed by atoms with Crippen molar-refractivity contribution in [2.75, 3.05) is 39.6 Å². The molecule has 472 valence electrons. The van der Waals surface area contributed by atoms with Crippen LogP contribution in [0.4, 0.5) is 0 Å². The minimum absolute atomic E-state index is 0.0533. The molecule has 27 heteroatoms. The first-order chi connectivity index (χ1) is 39.0. The minimum atomic E-state index is -2.12. The van der Waals surface area contributed by atoms with Crippen LogP contribution in [0.25, 0.3) is 0 Å². The molecule has 82 heavy (non-hydrogen) atoms. The van der Waals surface area contributed by atoms with Crippen molar-refractivity contribution in [1.29, 1.82) is 0 Å². The molecule has 7 saturated heterocycles. The monoisotopic (exact) mass is 1180 g/mol. The molecule has 0 amide bonds. The fourth-order valence-corrected chi connectivity index (χ4v) is 17.1. The number of hydrogen-bond donors (Lipinski definition) is 15. The van der Waals surface area contributed by atoms with Gasteiger partial charge in [0.15, 0.2) is 37.2 Å². The highest BCUT2D eigenvalue weighted by atomic mass is 16.8. The maximum Gasteiger partial charge on any atom is 0.187 e. The number of rotatable bonds is 13. The molecule has 36 atom stereocenters. The quantitative estimate of drug-likeness (QED) is 0.0769. The van der Waals surface area contributed by atoms with E-state index in [1.807, 2.05) is 0 Å². The van der Waals surface area contributed by atoms with Crippen molar-refractivity contribution in [3.8, 4) is 0 Å². The predicted octanol–water partition coefficient (Wildman–Crippen LogP) is -4.84. The largest absolute Gasteiger partial charge is 0.394 e. The van der Waals surface area contributed by atoms with Crippen LogP contribution < -0.4 is 0 Å². The molecule has 0 aromatic carbocycles. The second kappa shape index (κ2) is 24.4. The highest BCUT2D eigenvalue weighted by Gasteiger charge is 2.70. The summed E-state index contributed by atoms with van der Waals surface area (Å²) in [6, 6.07) is 0. The van der Waals surface area contributed by atoms with Crippen molar-refractivity contribution in [1.82, 2.24) is 0 Å². The number of ether oxygens (including phenoxy) is 12. The van der Waals surface area contributed by atoms with Crippen molar-refractivity contribution in [2.24, 2.45) is 52.3 Å². The lowest BCUT2D eigenvalue weighted by Gasteiger charge is -2.62. The Morgan fingerprint density at radius 1 is 0.439 bits per heavy atom. The summed E-state index contributed by atoms with van der Waals surface area (Å²) in [5.74, 6) is 1.54. The fourth-order valence-electron chi connectivity index (χ4n) is 17.1. The van der Waals surface area contributed by atoms with Crippen LogP contribution in [-0.4, -0.2) is 282 Å². The zero-order chi connectivity index (χ0) is 58.6. The van der Waals surface area contributed by atoms with Crippen LogP contribution in [0.3, 0.4) is 0 Å². The van der Waals surface area contributed by atoms with Crippen LogP contribution in [0.1, 0.15) is 85.5 Å². The summed E-state index contributed by atoms with van der Waals surface area (Å²) < 4.78 is 73.1. The van der Waals surface area contributed by atoms with Crippen molar-refractivity contribution < 1.29 is 133 Å². The molecule has 0 aromatic heterocycles. The highest BCUT2D eigenvalue weighted by Crippen LogP contribution is 2.71. The normalized spacial score (nSPS) is 57.9. The SMILES string of the molecule is C[C@@H]1CC[C@@]2(OC1)O[C@H]1C[C@H]3[C@@H]4C[C@H](O)[C@H]5C[C@@H](O[C@@H]6O[C@H](CO)[C@H](O[C@@H]7O[C@H](CO)[C@@H](O)[C@H](O[C@@H]8OC[C@@H](O)[C@H](O)[C@H]8O)[C@H]7O[C@@H]7O[C@H](CO)[C@@H](O)[C@H](O[C@@H]8OC[C@@H](O)[C@H](O)[C@H]8O)[C@H]7O)[C@H](O)[C@H]6O)CC[C@]5(C)[C@H]4CC[C@]3(C)[C@H]1[C@@H]2C. The second-order valence-electron chi connectivity index (χ2n) is 26.4. The van der Waals surface area contributed by atoms with Gasteiger partial charge in [0, 0.05) is 12.3 Å². The van der Waals surface area contributed by atoms with Crippen molar-refractivity contribution in [2.45, 2.75) is 251 Å². The fraction of sp³-hybridized carbons (Fsp3) is 1.00. The molecule has 7 heterocycles. The van der Waals surface area contributed by atoms with E-state index in [0.29, 0.717) is 55.5 Å². The molecular weight excluding hydrogens is 1090 g/mol. The number of hydrogen-bond acceptors (Lipinski definition) is 27. The van der Waals surface area contributed by atoms with Crippen LogP contribution in [0.15, 0.2) is 0 Å². The highest BCUT2D eigenvalue weighted by molar-refractivity contribution is 5.16. The molecular formula is C55H90O27.